The van der Waals surface area contributed by atoms with Gasteiger partial charge in [0, 0.05) is 24.4 Å². The Labute approximate surface area is 356 Å². The van der Waals surface area contributed by atoms with E-state index in [4.69, 9.17) is 24.2 Å². The molecule has 4 heterocycles. The molecule has 4 aromatic rings. The molecule has 3 aromatic carbocycles. The average molecular weight is 830 g/mol. The molecule has 2 bridgehead atoms. The van der Waals surface area contributed by atoms with Crippen LogP contribution in [0.4, 0.5) is 15.3 Å². The number of hydrogen-bond donors (Lipinski definition) is 3. The molecule has 2 saturated heterocycles. The number of ether oxygens (including phenoxy) is 3. The fourth-order valence-electron chi connectivity index (χ4n) is 9.50. The van der Waals surface area contributed by atoms with E-state index in [0.717, 1.165) is 88.4 Å². The lowest BCUT2D eigenvalue weighted by Crippen LogP contribution is -2.56. The fraction of sp³-hybridized carbons (Fsp3) is 0.447. The second-order valence-corrected chi connectivity index (χ2v) is 17.2. The summed E-state index contributed by atoms with van der Waals surface area (Å²) >= 11 is 0. The highest BCUT2D eigenvalue weighted by atomic mass is 16.5. The quantitative estimate of drug-likeness (QED) is 0.129. The highest BCUT2D eigenvalue weighted by Crippen LogP contribution is 2.44. The van der Waals surface area contributed by atoms with E-state index in [9.17, 15) is 19.2 Å². The zero-order chi connectivity index (χ0) is 42.9. The van der Waals surface area contributed by atoms with Crippen LogP contribution in [0.1, 0.15) is 77.2 Å². The number of nitrogens with zero attached hydrogens (tertiary/aromatic N) is 4. The van der Waals surface area contributed by atoms with Gasteiger partial charge in [0.1, 0.15) is 30.3 Å². The van der Waals surface area contributed by atoms with Gasteiger partial charge in [-0.2, -0.15) is 0 Å². The number of aromatic nitrogens is 2. The first kappa shape index (κ1) is 41.5. The van der Waals surface area contributed by atoms with Crippen LogP contribution in [0.15, 0.2) is 71.9 Å². The number of piperidine rings is 1. The number of amides is 4. The van der Waals surface area contributed by atoms with Gasteiger partial charge in [0.25, 0.3) is 0 Å². The van der Waals surface area contributed by atoms with E-state index in [1.54, 1.807) is 0 Å². The minimum absolute atomic E-state index is 0.0838. The lowest BCUT2D eigenvalue weighted by atomic mass is 9.92. The molecular formula is C47H55N7O7. The minimum Gasteiger partial charge on any atom is -0.488 e. The molecule has 14 nitrogen and oxygen atoms in total. The molecule has 0 spiro atoms. The van der Waals surface area contributed by atoms with Crippen molar-refractivity contribution in [3.8, 4) is 39.3 Å². The van der Waals surface area contributed by atoms with Crippen LogP contribution >= 0.6 is 0 Å². The van der Waals surface area contributed by atoms with Crippen LogP contribution in [-0.4, -0.2) is 94.9 Å². The Kier molecular flexibility index (Phi) is 11.9. The summed E-state index contributed by atoms with van der Waals surface area (Å²) in [5.41, 5.74) is 7.90. The molecule has 1 aliphatic carbocycles. The molecule has 3 fully saturated rings. The summed E-state index contributed by atoms with van der Waals surface area (Å²) in [5, 5.41) is 5.45. The smallest absolute Gasteiger partial charge is 0.407 e. The van der Waals surface area contributed by atoms with Gasteiger partial charge in [-0.25, -0.2) is 14.6 Å². The van der Waals surface area contributed by atoms with Gasteiger partial charge in [0.15, 0.2) is 0 Å². The number of fused-ring (bicyclic) bond motifs is 5. The van der Waals surface area contributed by atoms with Crippen molar-refractivity contribution in [3.05, 3.63) is 78.2 Å². The van der Waals surface area contributed by atoms with Gasteiger partial charge < -0.3 is 39.6 Å². The van der Waals surface area contributed by atoms with Crippen molar-refractivity contribution in [1.82, 2.24) is 30.4 Å². The Morgan fingerprint density at radius 2 is 1.51 bits per heavy atom. The highest BCUT2D eigenvalue weighted by molar-refractivity contribution is 5.90. The van der Waals surface area contributed by atoms with Gasteiger partial charge in [-0.1, -0.05) is 64.1 Å². The van der Waals surface area contributed by atoms with Crippen molar-refractivity contribution < 1.29 is 33.4 Å². The van der Waals surface area contributed by atoms with Crippen LogP contribution in [0.3, 0.4) is 0 Å². The maximum absolute atomic E-state index is 13.8. The zero-order valence-corrected chi connectivity index (χ0v) is 35.6. The number of carbonyl (C=O) groups excluding carboxylic acids is 4. The molecule has 6 atom stereocenters. The normalized spacial score (nSPS) is 21.2. The zero-order valence-electron chi connectivity index (χ0n) is 35.6. The van der Waals surface area contributed by atoms with Crippen molar-refractivity contribution >= 4 is 35.9 Å². The molecule has 320 valence electrons. The average Bonchev–Trinajstić information content (AvgIpc) is 4.11. The standard InChI is InChI=1S/C47H55N7O7/c1-26(2)41(51-46(57)59-5)44(55)53-19-7-8-38(53)43-49-23-37(50-43)30-13-17-35-32(20-30)25-61-40-22-29(12-18-36(35)40)28-9-14-33(15-10-28)48-24-39-31-11-16-34(21-31)54(39)45(56)42(27(3)4)52-47(58)60-6/h9-10,12-15,17-18,20,22-24,26-27,31,34,38-39,41-42H,7-8,11,16,19,21,25H2,1-6H3,(H,49,50)(H,51,57)(H,52,58)/t31-,34+,38-,39+,41-,42-/m0/s1. The summed E-state index contributed by atoms with van der Waals surface area (Å²) in [6, 6.07) is 19.2. The first-order valence-electron chi connectivity index (χ1n) is 21.4. The molecule has 4 amide bonds. The molecule has 61 heavy (non-hydrogen) atoms. The fourth-order valence-corrected chi connectivity index (χ4v) is 9.50. The maximum atomic E-state index is 13.8. The van der Waals surface area contributed by atoms with E-state index in [1.807, 2.05) is 62.0 Å². The first-order chi connectivity index (χ1) is 29.4. The maximum Gasteiger partial charge on any atom is 0.407 e. The number of rotatable bonds is 11. The van der Waals surface area contributed by atoms with Gasteiger partial charge in [0.05, 0.1) is 43.9 Å². The summed E-state index contributed by atoms with van der Waals surface area (Å²) in [6.07, 6.45) is 7.09. The lowest BCUT2D eigenvalue weighted by molar-refractivity contribution is -0.137. The minimum atomic E-state index is -0.694. The van der Waals surface area contributed by atoms with Crippen LogP contribution in [0.25, 0.3) is 33.5 Å². The third kappa shape index (κ3) is 8.32. The van der Waals surface area contributed by atoms with Crippen molar-refractivity contribution in [3.63, 3.8) is 0 Å². The predicted molar refractivity (Wildman–Crippen MR) is 231 cm³/mol. The number of alkyl carbamates (subject to hydrolysis) is 2. The molecular weight excluding hydrogens is 775 g/mol. The number of nitrogens with one attached hydrogen (secondary N) is 3. The third-order valence-corrected chi connectivity index (χ3v) is 12.8. The number of likely N-dealkylation sites (tertiary alicyclic amines) is 2. The molecule has 14 heteroatoms. The molecule has 3 N–H and O–H groups in total. The lowest BCUT2D eigenvalue weighted by Gasteiger charge is -2.36. The molecule has 0 radical (unpaired) electrons. The Balaban J connectivity index is 0.937. The summed E-state index contributed by atoms with van der Waals surface area (Å²) in [4.78, 5) is 68.2. The second-order valence-electron chi connectivity index (χ2n) is 17.2. The van der Waals surface area contributed by atoms with Crippen molar-refractivity contribution in [2.75, 3.05) is 20.8 Å². The number of aliphatic imine (C=N–C) groups is 1. The van der Waals surface area contributed by atoms with E-state index in [2.05, 4.69) is 64.1 Å². The van der Waals surface area contributed by atoms with Crippen molar-refractivity contribution in [2.24, 2.45) is 22.7 Å². The van der Waals surface area contributed by atoms with Crippen molar-refractivity contribution in [1.29, 1.82) is 0 Å². The van der Waals surface area contributed by atoms with E-state index < -0.39 is 24.3 Å². The SMILES string of the molecule is COC(=O)N[C@H](C(=O)N1CCC[C@H]1c1ncc(-c2ccc3c(c2)COc2cc(-c4ccc(N=C[C@@H]5[C@H]6CC[C@H](C6)N5C(=O)[C@@H](NC(=O)OC)C(C)C)cc4)ccc2-3)[nH]1)C(C)C. The van der Waals surface area contributed by atoms with Gasteiger partial charge in [-0.3, -0.25) is 14.6 Å². The van der Waals surface area contributed by atoms with Crippen molar-refractivity contribution in [2.45, 2.75) is 96.6 Å². The molecule has 1 saturated carbocycles. The van der Waals surface area contributed by atoms with Gasteiger partial charge in [-0.05, 0) is 102 Å². The number of imidazole rings is 1. The monoisotopic (exact) mass is 829 g/mol. The number of aromatic amines is 1. The van der Waals surface area contributed by atoms with Crippen LogP contribution < -0.4 is 15.4 Å². The van der Waals surface area contributed by atoms with Crippen LogP contribution in [0.5, 0.6) is 5.75 Å². The Hall–Kier alpha value is -6.18. The summed E-state index contributed by atoms with van der Waals surface area (Å²) in [5.74, 6) is 1.47. The Morgan fingerprint density at radius 1 is 0.836 bits per heavy atom. The van der Waals surface area contributed by atoms with Crippen LogP contribution in [0, 0.1) is 17.8 Å². The second kappa shape index (κ2) is 17.4. The summed E-state index contributed by atoms with van der Waals surface area (Å²) in [7, 11) is 2.60. The number of H-pyrrole nitrogens is 1. The van der Waals surface area contributed by atoms with E-state index in [-0.39, 0.29) is 41.8 Å². The third-order valence-electron chi connectivity index (χ3n) is 12.8. The highest BCUT2D eigenvalue weighted by Gasteiger charge is 2.49. The van der Waals surface area contributed by atoms with Gasteiger partial charge in [0.2, 0.25) is 11.8 Å². The number of methoxy groups -OCH3 is 2. The molecule has 0 unspecified atom stereocenters. The van der Waals surface area contributed by atoms with E-state index in [1.165, 1.54) is 14.2 Å². The number of hydrogen-bond acceptors (Lipinski definition) is 9. The van der Waals surface area contributed by atoms with Gasteiger partial charge in [-0.15, -0.1) is 0 Å². The number of benzene rings is 3. The predicted octanol–water partition coefficient (Wildman–Crippen LogP) is 7.81. The van der Waals surface area contributed by atoms with E-state index >= 15 is 0 Å². The first-order valence-corrected chi connectivity index (χ1v) is 21.4. The van der Waals surface area contributed by atoms with Crippen LogP contribution in [0.2, 0.25) is 0 Å². The molecule has 3 aliphatic heterocycles. The Morgan fingerprint density at radius 3 is 2.21 bits per heavy atom. The number of carbonyl (C=O) groups is 4. The summed E-state index contributed by atoms with van der Waals surface area (Å²) < 4.78 is 15.9. The summed E-state index contributed by atoms with van der Waals surface area (Å²) in [6.45, 7) is 8.67. The largest absolute Gasteiger partial charge is 0.488 e. The molecule has 1 aromatic heterocycles. The van der Waals surface area contributed by atoms with Crippen LogP contribution in [-0.2, 0) is 25.7 Å². The molecule has 4 aliphatic rings. The Bertz CT molecular complexity index is 2320. The molecule has 8 rings (SSSR count). The van der Waals surface area contributed by atoms with Gasteiger partial charge >= 0.3 is 12.2 Å². The van der Waals surface area contributed by atoms with E-state index in [0.29, 0.717) is 19.1 Å². The topological polar surface area (TPSA) is 168 Å².